The van der Waals surface area contributed by atoms with Gasteiger partial charge in [-0.05, 0) is 129 Å². The molecule has 4 aliphatic carbocycles. The molecule has 0 aromatic carbocycles. The zero-order valence-electron chi connectivity index (χ0n) is 39.9. The van der Waals surface area contributed by atoms with Crippen molar-refractivity contribution < 1.29 is 33.4 Å². The topological polar surface area (TPSA) is 273 Å². The molecule has 0 aromatic heterocycles. The summed E-state index contributed by atoms with van der Waals surface area (Å²) >= 11 is 0. The summed E-state index contributed by atoms with van der Waals surface area (Å²) in [5, 5.41) is 11.0. The number of carbonyl (C=O) groups is 4. The number of hydrogen-bond acceptors (Lipinski definition) is 9. The van der Waals surface area contributed by atoms with Crippen LogP contribution < -0.4 is 44.2 Å². The monoisotopic (exact) mass is 903 g/mol. The minimum Gasteiger partial charge on any atom is -0.446 e. The Morgan fingerprint density at radius 3 is 2.06 bits per heavy atom. The Morgan fingerprint density at radius 2 is 1.36 bits per heavy atom. The summed E-state index contributed by atoms with van der Waals surface area (Å²) in [6, 6.07) is -0.964. The molecular weight excluding hydrogens is 817 g/mol. The summed E-state index contributed by atoms with van der Waals surface area (Å²) in [4.78, 5) is 58.6. The highest BCUT2D eigenvalue weighted by atomic mass is 16.6. The van der Waals surface area contributed by atoms with Gasteiger partial charge in [0.1, 0.15) is 18.8 Å². The number of aliphatic imine (C=N–C) groups is 2. The molecule has 0 spiro atoms. The number of guanidine groups is 2. The fraction of sp³-hybridized carbons (Fsp3) is 0.872. The van der Waals surface area contributed by atoms with E-state index in [4.69, 9.17) is 37.1 Å². The molecule has 4 aliphatic rings. The van der Waals surface area contributed by atoms with Gasteiger partial charge in [-0.25, -0.2) is 4.79 Å². The smallest absolute Gasteiger partial charge is 0.407 e. The summed E-state index contributed by atoms with van der Waals surface area (Å²) < 4.78 is 17.1. The van der Waals surface area contributed by atoms with Crippen molar-refractivity contribution in [1.29, 1.82) is 0 Å². The van der Waals surface area contributed by atoms with Gasteiger partial charge in [0, 0.05) is 39.1 Å². The van der Waals surface area contributed by atoms with Gasteiger partial charge in [0.2, 0.25) is 17.7 Å². The van der Waals surface area contributed by atoms with Crippen LogP contribution in [0.4, 0.5) is 4.79 Å². The van der Waals surface area contributed by atoms with E-state index < -0.39 is 23.9 Å². The number of ether oxygens (including phenoxy) is 3. The molecule has 0 heterocycles. The normalized spacial score (nSPS) is 28.0. The van der Waals surface area contributed by atoms with Gasteiger partial charge in [-0.2, -0.15) is 0 Å². The molecule has 0 bridgehead atoms. The number of nitrogens with one attached hydrogen (secondary N) is 4. The van der Waals surface area contributed by atoms with Gasteiger partial charge in [-0.1, -0.05) is 53.9 Å². The van der Waals surface area contributed by atoms with Gasteiger partial charge in [0.25, 0.3) is 0 Å². The lowest BCUT2D eigenvalue weighted by atomic mass is 9.44. The summed E-state index contributed by atoms with van der Waals surface area (Å²) in [6.07, 6.45) is 15.9. The van der Waals surface area contributed by atoms with Crippen molar-refractivity contribution in [2.24, 2.45) is 85.2 Å². The first-order valence-electron chi connectivity index (χ1n) is 24.6. The van der Waals surface area contributed by atoms with E-state index in [9.17, 15) is 19.2 Å². The average molecular weight is 903 g/mol. The maximum Gasteiger partial charge on any atom is 0.407 e. The molecule has 10 atom stereocenters. The van der Waals surface area contributed by atoms with Crippen LogP contribution in [-0.4, -0.2) is 107 Å². The summed E-state index contributed by atoms with van der Waals surface area (Å²) in [5.41, 5.74) is 22.2. The average Bonchev–Trinajstić information content (AvgIpc) is 3.60. The number of hydrogen-bond donors (Lipinski definition) is 8. The molecule has 12 N–H and O–H groups in total. The van der Waals surface area contributed by atoms with Gasteiger partial charge in [-0.3, -0.25) is 24.4 Å². The first-order valence-corrected chi connectivity index (χ1v) is 24.6. The molecule has 4 amide bonds. The van der Waals surface area contributed by atoms with Crippen molar-refractivity contribution in [3.8, 4) is 0 Å². The SMILES string of the molecule is CC(C)CCCC(C)C1CCC2C3CCC4CC(OC(=O)NCCOCCOCC(=O)NC(CCC(=O)NCCCN=C(N)N)C(=O)NCCCN=C(N)N)CCC4(C)C3CCC12C. The van der Waals surface area contributed by atoms with Crippen LogP contribution in [0.1, 0.15) is 137 Å². The Morgan fingerprint density at radius 1 is 0.688 bits per heavy atom. The van der Waals surface area contributed by atoms with E-state index in [1.165, 1.54) is 57.8 Å². The lowest BCUT2D eigenvalue weighted by Crippen LogP contribution is -2.54. The minimum absolute atomic E-state index is 0.00515. The van der Waals surface area contributed by atoms with Crippen LogP contribution in [0.15, 0.2) is 9.98 Å². The van der Waals surface area contributed by atoms with Crippen molar-refractivity contribution in [2.75, 3.05) is 59.2 Å². The molecular formula is C47H86N10O7. The minimum atomic E-state index is -0.964. The van der Waals surface area contributed by atoms with E-state index in [-0.39, 0.29) is 69.7 Å². The second-order valence-electron chi connectivity index (χ2n) is 20.2. The molecule has 0 aliphatic heterocycles. The Kier molecular flexibility index (Phi) is 21.7. The van der Waals surface area contributed by atoms with Gasteiger partial charge < -0.3 is 58.4 Å². The Labute approximate surface area is 383 Å². The van der Waals surface area contributed by atoms with E-state index in [1.807, 2.05) is 0 Å². The summed E-state index contributed by atoms with van der Waals surface area (Å²) in [5.74, 6) is 4.31. The zero-order valence-corrected chi connectivity index (χ0v) is 39.9. The summed E-state index contributed by atoms with van der Waals surface area (Å²) in [7, 11) is 0. The van der Waals surface area contributed by atoms with E-state index in [0.29, 0.717) is 55.8 Å². The van der Waals surface area contributed by atoms with Gasteiger partial charge in [0.15, 0.2) is 11.9 Å². The second kappa shape index (κ2) is 26.3. The lowest BCUT2D eigenvalue weighted by molar-refractivity contribution is -0.132. The summed E-state index contributed by atoms with van der Waals surface area (Å²) in [6.45, 7) is 14.4. The third-order valence-corrected chi connectivity index (χ3v) is 15.4. The van der Waals surface area contributed by atoms with Crippen LogP contribution in [0, 0.1) is 52.3 Å². The van der Waals surface area contributed by atoms with E-state index in [1.54, 1.807) is 0 Å². The molecule has 64 heavy (non-hydrogen) atoms. The van der Waals surface area contributed by atoms with Crippen LogP contribution in [0.25, 0.3) is 0 Å². The first kappa shape index (κ1) is 52.8. The first-order chi connectivity index (χ1) is 30.5. The van der Waals surface area contributed by atoms with E-state index >= 15 is 0 Å². The number of rotatable bonds is 27. The van der Waals surface area contributed by atoms with Gasteiger partial charge in [0.05, 0.1) is 19.8 Å². The molecule has 4 rings (SSSR count). The van der Waals surface area contributed by atoms with Gasteiger partial charge in [-0.15, -0.1) is 0 Å². The van der Waals surface area contributed by atoms with Crippen molar-refractivity contribution in [1.82, 2.24) is 21.3 Å². The van der Waals surface area contributed by atoms with Crippen molar-refractivity contribution in [2.45, 2.75) is 149 Å². The molecule has 0 aromatic rings. The highest BCUT2D eigenvalue weighted by molar-refractivity contribution is 5.88. The van der Waals surface area contributed by atoms with Crippen molar-refractivity contribution in [3.05, 3.63) is 0 Å². The number of alkyl carbamates (subject to hydrolysis) is 1. The quantitative estimate of drug-likeness (QED) is 0.0331. The Balaban J connectivity index is 1.09. The molecule has 0 saturated heterocycles. The number of nitrogens with two attached hydrogens (primary N) is 4. The number of fused-ring (bicyclic) bond motifs is 5. The van der Waals surface area contributed by atoms with Crippen molar-refractivity contribution in [3.63, 3.8) is 0 Å². The van der Waals surface area contributed by atoms with Gasteiger partial charge >= 0.3 is 6.09 Å². The van der Waals surface area contributed by atoms with Crippen LogP contribution in [0.2, 0.25) is 0 Å². The fourth-order valence-corrected chi connectivity index (χ4v) is 12.2. The Bertz CT molecular complexity index is 1540. The van der Waals surface area contributed by atoms with Crippen LogP contribution in [0.5, 0.6) is 0 Å². The lowest BCUT2D eigenvalue weighted by Gasteiger charge is -2.61. The molecule has 17 nitrogen and oxygen atoms in total. The molecule has 4 fully saturated rings. The van der Waals surface area contributed by atoms with E-state index in [2.05, 4.69) is 65.9 Å². The highest BCUT2D eigenvalue weighted by Gasteiger charge is 2.60. The number of amides is 4. The molecule has 0 radical (unpaired) electrons. The standard InChI is InChI=1S/C47H86N10O7/c1-31(2)9-6-10-32(3)36-13-14-37-35-12-11-33-29-34(17-19-46(33,4)38(35)18-20-47(36,37)5)64-45(61)56-25-26-62-27-28-63-30-41(59)57-39(42(60)53-22-8-24-55-44(50)51)15-16-40(58)52-21-7-23-54-43(48)49/h31-39H,6-30H2,1-5H3,(H,52,58)(H,53,60)(H,56,61)(H,57,59)(H4,48,49,54)(H4,50,51,55). The number of carbonyl (C=O) groups excluding carboxylic acids is 4. The van der Waals surface area contributed by atoms with Crippen LogP contribution in [-0.2, 0) is 28.6 Å². The van der Waals surface area contributed by atoms with Crippen molar-refractivity contribution >= 4 is 35.7 Å². The van der Waals surface area contributed by atoms with E-state index in [0.717, 1.165) is 54.8 Å². The highest BCUT2D eigenvalue weighted by Crippen LogP contribution is 2.68. The van der Waals surface area contributed by atoms with Crippen LogP contribution in [0.3, 0.4) is 0 Å². The predicted molar refractivity (Wildman–Crippen MR) is 251 cm³/mol. The molecule has 366 valence electrons. The largest absolute Gasteiger partial charge is 0.446 e. The predicted octanol–water partition coefficient (Wildman–Crippen LogP) is 4.06. The number of nitrogens with zero attached hydrogens (tertiary/aromatic N) is 2. The maximum atomic E-state index is 12.9. The molecule has 4 saturated carbocycles. The molecule has 10 unspecified atom stereocenters. The molecule has 17 heteroatoms. The maximum absolute atomic E-state index is 12.9. The third-order valence-electron chi connectivity index (χ3n) is 15.4. The second-order valence-corrected chi connectivity index (χ2v) is 20.2. The third kappa shape index (κ3) is 16.2. The fourth-order valence-electron chi connectivity index (χ4n) is 12.2. The van der Waals surface area contributed by atoms with Crippen LogP contribution >= 0.6 is 0 Å². The Hall–Kier alpha value is -3.86. The zero-order chi connectivity index (χ0) is 46.7.